The van der Waals surface area contributed by atoms with Crippen molar-refractivity contribution in [2.24, 2.45) is 5.73 Å². The van der Waals surface area contributed by atoms with Gasteiger partial charge in [-0.2, -0.15) is 0 Å². The van der Waals surface area contributed by atoms with Crippen molar-refractivity contribution in [1.29, 1.82) is 5.41 Å². The summed E-state index contributed by atoms with van der Waals surface area (Å²) >= 11 is 3.40. The topological polar surface area (TPSA) is 68.3 Å². The molecule has 0 spiro atoms. The van der Waals surface area contributed by atoms with Crippen LogP contribution < -0.4 is 15.2 Å². The van der Waals surface area contributed by atoms with Crippen molar-refractivity contribution in [3.05, 3.63) is 22.2 Å². The second-order valence-electron chi connectivity index (χ2n) is 2.99. The van der Waals surface area contributed by atoms with Gasteiger partial charge in [-0.1, -0.05) is 15.9 Å². The Balaban J connectivity index is 3.18. The van der Waals surface area contributed by atoms with Gasteiger partial charge in [-0.05, 0) is 6.07 Å². The molecule has 82 valence electrons. The molecule has 0 radical (unpaired) electrons. The highest BCUT2D eigenvalue weighted by Crippen LogP contribution is 2.32. The van der Waals surface area contributed by atoms with Crippen molar-refractivity contribution in [3.63, 3.8) is 0 Å². The Morgan fingerprint density at radius 2 is 2.07 bits per heavy atom. The van der Waals surface area contributed by atoms with Gasteiger partial charge in [-0.15, -0.1) is 0 Å². The molecule has 15 heavy (non-hydrogen) atoms. The minimum absolute atomic E-state index is 0.0965. The molecule has 0 aliphatic carbocycles. The summed E-state index contributed by atoms with van der Waals surface area (Å²) in [6.45, 7) is 0. The van der Waals surface area contributed by atoms with Gasteiger partial charge in [0.05, 0.1) is 20.1 Å². The predicted octanol–water partition coefficient (Wildman–Crippen LogP) is 1.94. The molecule has 0 fully saturated rings. The largest absolute Gasteiger partial charge is 0.497 e. The summed E-state index contributed by atoms with van der Waals surface area (Å²) in [5, 5.41) is 7.27. The van der Waals surface area contributed by atoms with Crippen LogP contribution in [0.5, 0.6) is 11.5 Å². The van der Waals surface area contributed by atoms with E-state index >= 15 is 0 Å². The molecule has 1 rings (SSSR count). The lowest BCUT2D eigenvalue weighted by molar-refractivity contribution is 0.391. The molecule has 3 N–H and O–H groups in total. The lowest BCUT2D eigenvalue weighted by atomic mass is 10.1. The second-order valence-corrected chi connectivity index (χ2v) is 3.85. The standard InChI is InChI=1S/C10H13BrN2O2/c1-14-6-3-8(11)7(5-10(12)13)9(4-6)15-2/h3-4H,5H2,1-2H3,(H3,12,13). The molecule has 0 heterocycles. The molecule has 1 aromatic rings. The van der Waals surface area contributed by atoms with E-state index in [2.05, 4.69) is 15.9 Å². The summed E-state index contributed by atoms with van der Waals surface area (Å²) in [7, 11) is 3.16. The molecule has 0 aliphatic heterocycles. The molecule has 0 aromatic heterocycles. The van der Waals surface area contributed by atoms with Gasteiger partial charge in [-0.3, -0.25) is 5.41 Å². The number of benzene rings is 1. The van der Waals surface area contributed by atoms with Crippen molar-refractivity contribution in [3.8, 4) is 11.5 Å². The number of nitrogens with two attached hydrogens (primary N) is 1. The maximum absolute atomic E-state index is 7.27. The van der Waals surface area contributed by atoms with E-state index in [0.29, 0.717) is 17.9 Å². The lowest BCUT2D eigenvalue weighted by Crippen LogP contribution is -2.13. The number of rotatable bonds is 4. The Labute approximate surface area is 97.0 Å². The maximum Gasteiger partial charge on any atom is 0.127 e. The van der Waals surface area contributed by atoms with Crippen LogP contribution in [-0.2, 0) is 6.42 Å². The van der Waals surface area contributed by atoms with Gasteiger partial charge in [0.25, 0.3) is 0 Å². The van der Waals surface area contributed by atoms with Gasteiger partial charge in [0.2, 0.25) is 0 Å². The van der Waals surface area contributed by atoms with E-state index in [1.807, 2.05) is 6.07 Å². The van der Waals surface area contributed by atoms with E-state index in [-0.39, 0.29) is 5.84 Å². The van der Waals surface area contributed by atoms with Crippen LogP contribution in [0.25, 0.3) is 0 Å². The number of methoxy groups -OCH3 is 2. The van der Waals surface area contributed by atoms with Crippen molar-refractivity contribution < 1.29 is 9.47 Å². The van der Waals surface area contributed by atoms with Crippen LogP contribution in [0.2, 0.25) is 0 Å². The molecule has 0 saturated carbocycles. The number of ether oxygens (including phenoxy) is 2. The number of hydrogen-bond acceptors (Lipinski definition) is 3. The van der Waals surface area contributed by atoms with Crippen molar-refractivity contribution in [1.82, 2.24) is 0 Å². The Bertz CT molecular complexity index is 380. The average Bonchev–Trinajstić information content (AvgIpc) is 2.20. The fourth-order valence-electron chi connectivity index (χ4n) is 1.25. The minimum Gasteiger partial charge on any atom is -0.497 e. The summed E-state index contributed by atoms with van der Waals surface area (Å²) in [6.07, 6.45) is 0.355. The zero-order valence-corrected chi connectivity index (χ0v) is 10.2. The van der Waals surface area contributed by atoms with E-state index in [9.17, 15) is 0 Å². The molecule has 0 atom stereocenters. The van der Waals surface area contributed by atoms with E-state index in [4.69, 9.17) is 20.6 Å². The molecule has 5 heteroatoms. The molecule has 0 amide bonds. The minimum atomic E-state index is 0.0965. The summed E-state index contributed by atoms with van der Waals surface area (Å²) in [6, 6.07) is 3.59. The van der Waals surface area contributed by atoms with Crippen LogP contribution in [0.3, 0.4) is 0 Å². The van der Waals surface area contributed by atoms with Crippen LogP contribution in [0.1, 0.15) is 5.56 Å². The Hall–Kier alpha value is -1.23. The Morgan fingerprint density at radius 3 is 2.53 bits per heavy atom. The second kappa shape index (κ2) is 5.02. The summed E-state index contributed by atoms with van der Waals surface area (Å²) in [4.78, 5) is 0. The number of hydrogen-bond donors (Lipinski definition) is 2. The Kier molecular flexibility index (Phi) is 3.96. The zero-order chi connectivity index (χ0) is 11.4. The van der Waals surface area contributed by atoms with Crippen molar-refractivity contribution >= 4 is 21.8 Å². The SMILES string of the molecule is COc1cc(Br)c(CC(=N)N)c(OC)c1. The summed E-state index contributed by atoms with van der Waals surface area (Å²) < 4.78 is 11.1. The summed E-state index contributed by atoms with van der Waals surface area (Å²) in [5.41, 5.74) is 6.22. The van der Waals surface area contributed by atoms with Gasteiger partial charge in [0.15, 0.2) is 0 Å². The molecule has 0 aliphatic rings. The molecular formula is C10H13BrN2O2. The van der Waals surface area contributed by atoms with Crippen LogP contribution in [0, 0.1) is 5.41 Å². The molecule has 4 nitrogen and oxygen atoms in total. The highest BCUT2D eigenvalue weighted by molar-refractivity contribution is 9.10. The van der Waals surface area contributed by atoms with Crippen molar-refractivity contribution in [2.45, 2.75) is 6.42 Å². The van der Waals surface area contributed by atoms with E-state index in [1.165, 1.54) is 0 Å². The first-order chi connectivity index (χ1) is 7.08. The van der Waals surface area contributed by atoms with Gasteiger partial charge < -0.3 is 15.2 Å². The average molecular weight is 273 g/mol. The number of nitrogens with one attached hydrogen (secondary N) is 1. The van der Waals surface area contributed by atoms with E-state index < -0.39 is 0 Å². The first-order valence-corrected chi connectivity index (χ1v) is 5.11. The molecule has 1 aromatic carbocycles. The monoisotopic (exact) mass is 272 g/mol. The third-order valence-corrected chi connectivity index (χ3v) is 2.66. The van der Waals surface area contributed by atoms with Crippen LogP contribution >= 0.6 is 15.9 Å². The van der Waals surface area contributed by atoms with Gasteiger partial charge >= 0.3 is 0 Å². The highest BCUT2D eigenvalue weighted by Gasteiger charge is 2.11. The molecule has 0 bridgehead atoms. The van der Waals surface area contributed by atoms with E-state index in [0.717, 1.165) is 10.0 Å². The Morgan fingerprint density at radius 1 is 1.40 bits per heavy atom. The highest BCUT2D eigenvalue weighted by atomic mass is 79.9. The normalized spacial score (nSPS) is 9.80. The lowest BCUT2D eigenvalue weighted by Gasteiger charge is -2.12. The third kappa shape index (κ3) is 2.86. The van der Waals surface area contributed by atoms with Gasteiger partial charge in [0, 0.05) is 22.5 Å². The maximum atomic E-state index is 7.27. The fraction of sp³-hybridized carbons (Fsp3) is 0.300. The quantitative estimate of drug-likeness (QED) is 0.650. The summed E-state index contributed by atoms with van der Waals surface area (Å²) in [5.74, 6) is 1.46. The zero-order valence-electron chi connectivity index (χ0n) is 8.63. The third-order valence-electron chi connectivity index (χ3n) is 1.95. The molecule has 0 saturated heterocycles. The first kappa shape index (κ1) is 11.8. The molecular weight excluding hydrogens is 260 g/mol. The first-order valence-electron chi connectivity index (χ1n) is 4.31. The smallest absolute Gasteiger partial charge is 0.127 e. The van der Waals surface area contributed by atoms with Gasteiger partial charge in [-0.25, -0.2) is 0 Å². The fourth-order valence-corrected chi connectivity index (χ4v) is 1.81. The van der Waals surface area contributed by atoms with E-state index in [1.54, 1.807) is 20.3 Å². The van der Waals surface area contributed by atoms with Crippen LogP contribution in [0.4, 0.5) is 0 Å². The molecule has 0 unspecified atom stereocenters. The van der Waals surface area contributed by atoms with Crippen LogP contribution in [-0.4, -0.2) is 20.1 Å². The van der Waals surface area contributed by atoms with Crippen LogP contribution in [0.15, 0.2) is 16.6 Å². The number of halogens is 1. The number of amidine groups is 1. The predicted molar refractivity (Wildman–Crippen MR) is 62.9 cm³/mol. The van der Waals surface area contributed by atoms with Crippen molar-refractivity contribution in [2.75, 3.05) is 14.2 Å². The van der Waals surface area contributed by atoms with Gasteiger partial charge in [0.1, 0.15) is 11.5 Å².